The fourth-order valence-electron chi connectivity index (χ4n) is 1.44. The van der Waals surface area contributed by atoms with Gasteiger partial charge in [-0.3, -0.25) is 0 Å². The summed E-state index contributed by atoms with van der Waals surface area (Å²) in [5.74, 6) is 0. The largest absolute Gasteiger partial charge is 0.399 e. The number of nitrogens with two attached hydrogens (primary N) is 1. The second-order valence-electron chi connectivity index (χ2n) is 4.70. The van der Waals surface area contributed by atoms with Crippen LogP contribution in [0.1, 0.15) is 19.4 Å². The van der Waals surface area contributed by atoms with E-state index in [-0.39, 0.29) is 5.41 Å². The minimum Gasteiger partial charge on any atom is -0.399 e. The van der Waals surface area contributed by atoms with Gasteiger partial charge in [0.1, 0.15) is 0 Å². The van der Waals surface area contributed by atoms with E-state index in [1.165, 1.54) is 5.56 Å². The van der Waals surface area contributed by atoms with Gasteiger partial charge in [0.05, 0.1) is 0 Å². The summed E-state index contributed by atoms with van der Waals surface area (Å²) in [5, 5.41) is 0. The van der Waals surface area contributed by atoms with Crippen molar-refractivity contribution >= 4 is 5.69 Å². The summed E-state index contributed by atoms with van der Waals surface area (Å²) >= 11 is 0. The molecule has 94 valence electrons. The van der Waals surface area contributed by atoms with Gasteiger partial charge in [-0.15, -0.1) is 6.58 Å². The minimum absolute atomic E-state index is 0.0985. The van der Waals surface area contributed by atoms with Crippen molar-refractivity contribution in [3.8, 4) is 0 Å². The zero-order chi connectivity index (χ0) is 13.4. The second-order valence-corrected chi connectivity index (χ2v) is 4.70. The monoisotopic (exact) mass is 239 g/mol. The summed E-state index contributed by atoms with van der Waals surface area (Å²) < 4.78 is 0. The summed E-state index contributed by atoms with van der Waals surface area (Å²) in [5.41, 5.74) is 7.59. The molecule has 0 amide bonds. The molecule has 0 spiro atoms. The molecular weight excluding hydrogens is 218 g/mol. The SMILES string of the molecule is C=CC(C)(C)c1ccccc1.Nc1ccccc1. The number of hydrogen-bond acceptors (Lipinski definition) is 1. The van der Waals surface area contributed by atoms with Gasteiger partial charge in [-0.2, -0.15) is 0 Å². The predicted octanol–water partition coefficient (Wildman–Crippen LogP) is 4.42. The van der Waals surface area contributed by atoms with Crippen LogP contribution < -0.4 is 5.73 Å². The third-order valence-electron chi connectivity index (χ3n) is 2.83. The maximum absolute atomic E-state index is 5.36. The van der Waals surface area contributed by atoms with Gasteiger partial charge < -0.3 is 5.73 Å². The Morgan fingerprint density at radius 1 is 0.889 bits per heavy atom. The molecule has 1 nitrogen and oxygen atoms in total. The van der Waals surface area contributed by atoms with Crippen molar-refractivity contribution in [2.75, 3.05) is 5.73 Å². The van der Waals surface area contributed by atoms with Crippen molar-refractivity contribution < 1.29 is 0 Å². The lowest BCUT2D eigenvalue weighted by Crippen LogP contribution is -2.12. The van der Waals surface area contributed by atoms with E-state index in [4.69, 9.17) is 5.73 Å². The van der Waals surface area contributed by atoms with Crippen molar-refractivity contribution in [1.82, 2.24) is 0 Å². The molecule has 0 aliphatic carbocycles. The average molecular weight is 239 g/mol. The Kier molecular flexibility index (Phi) is 5.19. The highest BCUT2D eigenvalue weighted by atomic mass is 14.5. The van der Waals surface area contributed by atoms with Gasteiger partial charge >= 0.3 is 0 Å². The van der Waals surface area contributed by atoms with Crippen LogP contribution in [0.5, 0.6) is 0 Å². The Balaban J connectivity index is 0.000000199. The van der Waals surface area contributed by atoms with Crippen LogP contribution in [0.15, 0.2) is 73.3 Å². The van der Waals surface area contributed by atoms with Gasteiger partial charge in [0.25, 0.3) is 0 Å². The summed E-state index contributed by atoms with van der Waals surface area (Å²) in [7, 11) is 0. The lowest BCUT2D eigenvalue weighted by molar-refractivity contribution is 0.672. The first-order valence-electron chi connectivity index (χ1n) is 6.06. The third-order valence-corrected chi connectivity index (χ3v) is 2.83. The quantitative estimate of drug-likeness (QED) is 0.609. The molecule has 0 saturated heterocycles. The summed E-state index contributed by atoms with van der Waals surface area (Å²) in [4.78, 5) is 0. The van der Waals surface area contributed by atoms with Gasteiger partial charge in [0.2, 0.25) is 0 Å². The molecule has 0 saturated carbocycles. The van der Waals surface area contributed by atoms with Crippen LogP contribution in [0.3, 0.4) is 0 Å². The first-order valence-corrected chi connectivity index (χ1v) is 6.06. The van der Waals surface area contributed by atoms with E-state index >= 15 is 0 Å². The second kappa shape index (κ2) is 6.65. The average Bonchev–Trinajstić information content (AvgIpc) is 2.41. The molecule has 2 aromatic rings. The molecule has 0 aromatic heterocycles. The molecule has 18 heavy (non-hydrogen) atoms. The highest BCUT2D eigenvalue weighted by Gasteiger charge is 2.14. The number of nitrogen functional groups attached to an aromatic ring is 1. The Hall–Kier alpha value is -2.02. The first-order chi connectivity index (χ1) is 8.56. The van der Waals surface area contributed by atoms with Crippen molar-refractivity contribution in [2.24, 2.45) is 0 Å². The van der Waals surface area contributed by atoms with Crippen LogP contribution in [0.25, 0.3) is 0 Å². The molecule has 2 aromatic carbocycles. The van der Waals surface area contributed by atoms with Crippen LogP contribution in [0.4, 0.5) is 5.69 Å². The van der Waals surface area contributed by atoms with E-state index in [9.17, 15) is 0 Å². The van der Waals surface area contributed by atoms with Gasteiger partial charge in [0, 0.05) is 11.1 Å². The van der Waals surface area contributed by atoms with Crippen LogP contribution in [0, 0.1) is 0 Å². The molecule has 2 rings (SSSR count). The van der Waals surface area contributed by atoms with E-state index in [1.807, 2.05) is 42.5 Å². The van der Waals surface area contributed by atoms with Crippen molar-refractivity contribution in [1.29, 1.82) is 0 Å². The molecule has 0 radical (unpaired) electrons. The maximum Gasteiger partial charge on any atom is 0.0313 e. The number of para-hydroxylation sites is 1. The zero-order valence-electron chi connectivity index (χ0n) is 11.1. The smallest absolute Gasteiger partial charge is 0.0313 e. The fraction of sp³-hybridized carbons (Fsp3) is 0.176. The van der Waals surface area contributed by atoms with Gasteiger partial charge in [-0.25, -0.2) is 0 Å². The lowest BCUT2D eigenvalue weighted by atomic mass is 9.85. The van der Waals surface area contributed by atoms with E-state index in [0.29, 0.717) is 0 Å². The van der Waals surface area contributed by atoms with E-state index in [0.717, 1.165) is 5.69 Å². The van der Waals surface area contributed by atoms with Crippen LogP contribution in [-0.4, -0.2) is 0 Å². The molecule has 0 heterocycles. The fourth-order valence-corrected chi connectivity index (χ4v) is 1.44. The number of anilines is 1. The molecule has 2 N–H and O–H groups in total. The standard InChI is InChI=1S/C11H14.C6H7N/c1-4-11(2,3)10-8-6-5-7-9-10;7-6-4-2-1-3-5-6/h4-9H,1H2,2-3H3;1-5H,7H2. The molecule has 0 bridgehead atoms. The molecule has 0 unspecified atom stereocenters. The summed E-state index contributed by atoms with van der Waals surface area (Å²) in [6.45, 7) is 8.13. The zero-order valence-corrected chi connectivity index (χ0v) is 11.1. The molecule has 0 aliphatic heterocycles. The maximum atomic E-state index is 5.36. The van der Waals surface area contributed by atoms with E-state index in [1.54, 1.807) is 0 Å². The van der Waals surface area contributed by atoms with Gasteiger partial charge in [-0.05, 0) is 17.7 Å². The molecule has 0 atom stereocenters. The van der Waals surface area contributed by atoms with Crippen LogP contribution in [0.2, 0.25) is 0 Å². The third kappa shape index (κ3) is 4.46. The molecule has 0 fully saturated rings. The number of hydrogen-bond donors (Lipinski definition) is 1. The van der Waals surface area contributed by atoms with Crippen molar-refractivity contribution in [3.05, 3.63) is 78.9 Å². The Bertz CT molecular complexity index is 457. The minimum atomic E-state index is 0.0985. The highest BCUT2D eigenvalue weighted by molar-refractivity contribution is 5.35. The van der Waals surface area contributed by atoms with Gasteiger partial charge in [0.15, 0.2) is 0 Å². The van der Waals surface area contributed by atoms with Gasteiger partial charge in [-0.1, -0.05) is 68.5 Å². The molecule has 0 aliphatic rings. The molecule has 1 heteroatoms. The summed E-state index contributed by atoms with van der Waals surface area (Å²) in [6, 6.07) is 19.9. The predicted molar refractivity (Wildman–Crippen MR) is 80.5 cm³/mol. The highest BCUT2D eigenvalue weighted by Crippen LogP contribution is 2.22. The van der Waals surface area contributed by atoms with E-state index in [2.05, 4.69) is 44.7 Å². The first kappa shape index (κ1) is 14.0. The van der Waals surface area contributed by atoms with Crippen molar-refractivity contribution in [2.45, 2.75) is 19.3 Å². The van der Waals surface area contributed by atoms with E-state index < -0.39 is 0 Å². The Morgan fingerprint density at radius 3 is 1.67 bits per heavy atom. The Labute approximate surface area is 110 Å². The normalized spacial score (nSPS) is 10.1. The van der Waals surface area contributed by atoms with Crippen LogP contribution in [-0.2, 0) is 5.41 Å². The lowest BCUT2D eigenvalue weighted by Gasteiger charge is -2.19. The number of benzene rings is 2. The Morgan fingerprint density at radius 2 is 1.33 bits per heavy atom. The topological polar surface area (TPSA) is 26.0 Å². The number of allylic oxidation sites excluding steroid dienone is 1. The molecular formula is C17H21N. The summed E-state index contributed by atoms with van der Waals surface area (Å²) in [6.07, 6.45) is 1.97. The number of rotatable bonds is 2. The van der Waals surface area contributed by atoms with Crippen LogP contribution >= 0.6 is 0 Å². The van der Waals surface area contributed by atoms with Crippen molar-refractivity contribution in [3.63, 3.8) is 0 Å².